The van der Waals surface area contributed by atoms with Gasteiger partial charge < -0.3 is 5.32 Å². The van der Waals surface area contributed by atoms with E-state index in [9.17, 15) is 13.2 Å². The zero-order chi connectivity index (χ0) is 22.4. The van der Waals surface area contributed by atoms with E-state index in [0.717, 1.165) is 5.56 Å². The molecule has 0 saturated carbocycles. The maximum Gasteiger partial charge on any atom is 0.252 e. The van der Waals surface area contributed by atoms with Gasteiger partial charge in [0, 0.05) is 24.8 Å². The van der Waals surface area contributed by atoms with Crippen LogP contribution in [0, 0.1) is 6.92 Å². The van der Waals surface area contributed by atoms with Crippen molar-refractivity contribution in [3.8, 4) is 0 Å². The molecule has 7 heteroatoms. The summed E-state index contributed by atoms with van der Waals surface area (Å²) >= 11 is 0. The maximum atomic E-state index is 13.2. The van der Waals surface area contributed by atoms with Gasteiger partial charge in [0.25, 0.3) is 5.91 Å². The van der Waals surface area contributed by atoms with E-state index in [2.05, 4.69) is 10.3 Å². The van der Waals surface area contributed by atoms with Crippen LogP contribution in [0.3, 0.4) is 0 Å². The van der Waals surface area contributed by atoms with Gasteiger partial charge in [-0.1, -0.05) is 56.3 Å². The normalized spacial score (nSPS) is 12.5. The Labute approximate surface area is 184 Å². The van der Waals surface area contributed by atoms with Crippen molar-refractivity contribution >= 4 is 15.9 Å². The average Bonchev–Trinajstić information content (AvgIpc) is 2.79. The molecule has 2 aromatic carbocycles. The molecule has 0 fully saturated rings. The monoisotopic (exact) mass is 437 g/mol. The predicted octanol–water partition coefficient (Wildman–Crippen LogP) is 3.94. The zero-order valence-electron chi connectivity index (χ0n) is 17.9. The molecular weight excluding hydrogens is 410 g/mol. The first kappa shape index (κ1) is 22.7. The molecule has 1 heterocycles. The van der Waals surface area contributed by atoms with Crippen LogP contribution in [0.15, 0.2) is 77.8 Å². The van der Waals surface area contributed by atoms with Gasteiger partial charge in [-0.3, -0.25) is 9.78 Å². The molecule has 0 aliphatic heterocycles. The SMILES string of the molecule is CCN(CC)S(=O)(=O)c1cc(C(=O)NC(c2ccccc2)c2ccccn2)ccc1C. The number of nitrogens with one attached hydrogen (secondary N) is 1. The Morgan fingerprint density at radius 2 is 1.68 bits per heavy atom. The molecule has 1 N–H and O–H groups in total. The van der Waals surface area contributed by atoms with Crippen molar-refractivity contribution in [3.05, 3.63) is 95.3 Å². The van der Waals surface area contributed by atoms with Gasteiger partial charge in [0.2, 0.25) is 10.0 Å². The van der Waals surface area contributed by atoms with E-state index in [1.807, 2.05) is 48.5 Å². The Morgan fingerprint density at radius 3 is 2.29 bits per heavy atom. The van der Waals surface area contributed by atoms with E-state index in [1.165, 1.54) is 10.4 Å². The first-order valence-electron chi connectivity index (χ1n) is 10.3. The Balaban J connectivity index is 1.97. The Morgan fingerprint density at radius 1 is 1.00 bits per heavy atom. The van der Waals surface area contributed by atoms with Crippen molar-refractivity contribution in [2.24, 2.45) is 0 Å². The summed E-state index contributed by atoms with van der Waals surface area (Å²) in [6.45, 7) is 6.06. The quantitative estimate of drug-likeness (QED) is 0.579. The van der Waals surface area contributed by atoms with Gasteiger partial charge in [-0.2, -0.15) is 4.31 Å². The molecular formula is C24H27N3O3S. The summed E-state index contributed by atoms with van der Waals surface area (Å²) in [5.41, 5.74) is 2.48. The minimum Gasteiger partial charge on any atom is -0.340 e. The molecule has 0 bridgehead atoms. The van der Waals surface area contributed by atoms with E-state index in [4.69, 9.17) is 0 Å². The van der Waals surface area contributed by atoms with Gasteiger partial charge in [0.1, 0.15) is 0 Å². The Kier molecular flexibility index (Phi) is 7.20. The largest absolute Gasteiger partial charge is 0.340 e. The standard InChI is InChI=1S/C24H27N3O3S/c1-4-27(5-2)31(29,30)22-17-20(15-14-18(22)3)24(28)26-23(19-11-7-6-8-12-19)21-13-9-10-16-25-21/h6-17,23H,4-5H2,1-3H3,(H,26,28). The molecule has 6 nitrogen and oxygen atoms in total. The number of aryl methyl sites for hydroxylation is 1. The van der Waals surface area contributed by atoms with Crippen LogP contribution >= 0.6 is 0 Å². The third-order valence-corrected chi connectivity index (χ3v) is 7.36. The first-order valence-corrected chi connectivity index (χ1v) is 11.7. The van der Waals surface area contributed by atoms with Crippen molar-refractivity contribution in [3.63, 3.8) is 0 Å². The van der Waals surface area contributed by atoms with Gasteiger partial charge in [-0.15, -0.1) is 0 Å². The van der Waals surface area contributed by atoms with E-state index in [-0.39, 0.29) is 16.4 Å². The van der Waals surface area contributed by atoms with E-state index in [0.29, 0.717) is 24.3 Å². The lowest BCUT2D eigenvalue weighted by Gasteiger charge is -2.21. The minimum absolute atomic E-state index is 0.151. The number of benzene rings is 2. The highest BCUT2D eigenvalue weighted by molar-refractivity contribution is 7.89. The molecule has 0 radical (unpaired) electrons. The summed E-state index contributed by atoms with van der Waals surface area (Å²) in [5, 5.41) is 3.01. The van der Waals surface area contributed by atoms with Crippen LogP contribution in [0.2, 0.25) is 0 Å². The van der Waals surface area contributed by atoms with Crippen molar-refractivity contribution < 1.29 is 13.2 Å². The minimum atomic E-state index is -3.68. The number of rotatable bonds is 8. The number of hydrogen-bond donors (Lipinski definition) is 1. The molecule has 3 aromatic rings. The van der Waals surface area contributed by atoms with E-state index >= 15 is 0 Å². The van der Waals surface area contributed by atoms with Gasteiger partial charge in [0.15, 0.2) is 0 Å². The van der Waals surface area contributed by atoms with Crippen LogP contribution in [0.25, 0.3) is 0 Å². The lowest BCUT2D eigenvalue weighted by atomic mass is 10.0. The topological polar surface area (TPSA) is 79.4 Å². The fourth-order valence-corrected chi connectivity index (χ4v) is 5.17. The number of hydrogen-bond acceptors (Lipinski definition) is 4. The van der Waals surface area contributed by atoms with Crippen LogP contribution < -0.4 is 5.32 Å². The summed E-state index contributed by atoms with van der Waals surface area (Å²) < 4.78 is 27.5. The molecule has 0 aliphatic carbocycles. The number of carbonyl (C=O) groups excluding carboxylic acids is 1. The van der Waals surface area contributed by atoms with E-state index < -0.39 is 16.1 Å². The number of carbonyl (C=O) groups is 1. The molecule has 1 amide bonds. The summed E-state index contributed by atoms with van der Waals surface area (Å²) in [7, 11) is -3.68. The van der Waals surface area contributed by atoms with Gasteiger partial charge in [0.05, 0.1) is 16.6 Å². The third-order valence-electron chi connectivity index (χ3n) is 5.17. The molecule has 0 saturated heterocycles. The van der Waals surface area contributed by atoms with Crippen LogP contribution in [-0.4, -0.2) is 36.7 Å². The van der Waals surface area contributed by atoms with Gasteiger partial charge in [-0.05, 0) is 42.3 Å². The Bertz CT molecular complexity index is 1090. The van der Waals surface area contributed by atoms with Crippen LogP contribution in [0.5, 0.6) is 0 Å². The lowest BCUT2D eigenvalue weighted by molar-refractivity contribution is 0.0942. The zero-order valence-corrected chi connectivity index (χ0v) is 18.8. The second-order valence-electron chi connectivity index (χ2n) is 7.14. The second kappa shape index (κ2) is 9.85. The van der Waals surface area contributed by atoms with Gasteiger partial charge in [-0.25, -0.2) is 8.42 Å². The first-order chi connectivity index (χ1) is 14.9. The van der Waals surface area contributed by atoms with Crippen molar-refractivity contribution in [1.82, 2.24) is 14.6 Å². The van der Waals surface area contributed by atoms with Crippen molar-refractivity contribution in [2.45, 2.75) is 31.7 Å². The van der Waals surface area contributed by atoms with Crippen molar-refractivity contribution in [1.29, 1.82) is 0 Å². The highest BCUT2D eigenvalue weighted by atomic mass is 32.2. The summed E-state index contributed by atoms with van der Waals surface area (Å²) in [6.07, 6.45) is 1.68. The highest BCUT2D eigenvalue weighted by Crippen LogP contribution is 2.24. The molecule has 31 heavy (non-hydrogen) atoms. The molecule has 0 aliphatic rings. The van der Waals surface area contributed by atoms with Crippen molar-refractivity contribution in [2.75, 3.05) is 13.1 Å². The summed E-state index contributed by atoms with van der Waals surface area (Å²) in [4.78, 5) is 17.7. The number of sulfonamides is 1. The second-order valence-corrected chi connectivity index (χ2v) is 9.05. The summed E-state index contributed by atoms with van der Waals surface area (Å²) in [5.74, 6) is -0.365. The third kappa shape index (κ3) is 5.00. The fourth-order valence-electron chi connectivity index (χ4n) is 3.46. The molecule has 0 spiro atoms. The number of aromatic nitrogens is 1. The number of pyridine rings is 1. The predicted molar refractivity (Wildman–Crippen MR) is 121 cm³/mol. The molecule has 162 valence electrons. The van der Waals surface area contributed by atoms with Crippen LogP contribution in [-0.2, 0) is 10.0 Å². The molecule has 1 aromatic heterocycles. The number of amides is 1. The average molecular weight is 438 g/mol. The highest BCUT2D eigenvalue weighted by Gasteiger charge is 2.25. The van der Waals surface area contributed by atoms with Gasteiger partial charge >= 0.3 is 0 Å². The van der Waals surface area contributed by atoms with Crippen LogP contribution in [0.4, 0.5) is 0 Å². The fraction of sp³-hybridized carbons (Fsp3) is 0.250. The number of nitrogens with zero attached hydrogens (tertiary/aromatic N) is 2. The smallest absolute Gasteiger partial charge is 0.252 e. The van der Waals surface area contributed by atoms with Crippen LogP contribution in [0.1, 0.15) is 47.1 Å². The molecule has 1 atom stereocenters. The maximum absolute atomic E-state index is 13.2. The molecule has 3 rings (SSSR count). The Hall–Kier alpha value is -3.03. The molecule has 1 unspecified atom stereocenters. The van der Waals surface area contributed by atoms with E-state index in [1.54, 1.807) is 39.1 Å². The lowest BCUT2D eigenvalue weighted by Crippen LogP contribution is -2.32. The summed E-state index contributed by atoms with van der Waals surface area (Å²) in [6, 6.07) is 19.4.